The highest BCUT2D eigenvalue weighted by Crippen LogP contribution is 2.31. The second-order valence-electron chi connectivity index (χ2n) is 5.82. The van der Waals surface area contributed by atoms with E-state index in [4.69, 9.17) is 0 Å². The summed E-state index contributed by atoms with van der Waals surface area (Å²) >= 11 is 0. The number of nitrogens with one attached hydrogen (secondary N) is 1. The Hall–Kier alpha value is -2.14. The van der Waals surface area contributed by atoms with Crippen molar-refractivity contribution in [3.63, 3.8) is 0 Å². The van der Waals surface area contributed by atoms with E-state index in [1.807, 2.05) is 7.05 Å². The lowest BCUT2D eigenvalue weighted by molar-refractivity contribution is -0.137. The van der Waals surface area contributed by atoms with E-state index < -0.39 is 11.7 Å². The minimum absolute atomic E-state index is 0.0322. The van der Waals surface area contributed by atoms with Crippen LogP contribution in [0.1, 0.15) is 45.1 Å². The molecule has 0 radical (unpaired) electrons. The Balaban J connectivity index is 0.000000174. The Labute approximate surface area is 139 Å². The number of hydrogen-bond donors (Lipinski definition) is 1. The van der Waals surface area contributed by atoms with Gasteiger partial charge in [-0.2, -0.15) is 13.2 Å². The molecule has 0 amide bonds. The van der Waals surface area contributed by atoms with E-state index in [2.05, 4.69) is 30.4 Å². The predicted molar refractivity (Wildman–Crippen MR) is 88.1 cm³/mol. The van der Waals surface area contributed by atoms with E-state index in [0.29, 0.717) is 12.3 Å². The fourth-order valence-corrected chi connectivity index (χ4v) is 2.81. The van der Waals surface area contributed by atoms with Gasteiger partial charge in [-0.05, 0) is 50.1 Å². The van der Waals surface area contributed by atoms with E-state index in [-0.39, 0.29) is 5.56 Å². The molecule has 0 bridgehead atoms. The van der Waals surface area contributed by atoms with Crippen LogP contribution in [0, 0.1) is 6.92 Å². The predicted octanol–water partition coefficient (Wildman–Crippen LogP) is 4.72. The van der Waals surface area contributed by atoms with Crippen LogP contribution >= 0.6 is 0 Å². The molecule has 1 unspecified atom stereocenters. The zero-order chi connectivity index (χ0) is 17.7. The first-order chi connectivity index (χ1) is 11.3. The molecule has 2 aromatic rings. The number of carbonyl (C=O) groups excluding carboxylic acids is 1. The number of benzene rings is 2. The van der Waals surface area contributed by atoms with Crippen molar-refractivity contribution < 1.29 is 18.0 Å². The molecule has 2 nitrogen and oxygen atoms in total. The lowest BCUT2D eigenvalue weighted by atomic mass is 10.1. The average Bonchev–Trinajstić information content (AvgIpc) is 2.97. The number of hydrogen-bond acceptors (Lipinski definition) is 2. The molecule has 0 heterocycles. The van der Waals surface area contributed by atoms with E-state index >= 15 is 0 Å². The Morgan fingerprint density at radius 3 is 2.54 bits per heavy atom. The van der Waals surface area contributed by atoms with Crippen molar-refractivity contribution in [1.29, 1.82) is 0 Å². The molecule has 0 spiro atoms. The van der Waals surface area contributed by atoms with Crippen LogP contribution in [0.4, 0.5) is 13.2 Å². The summed E-state index contributed by atoms with van der Waals surface area (Å²) < 4.78 is 36.0. The maximum Gasteiger partial charge on any atom is 0.416 e. The molecule has 2 aromatic carbocycles. The highest BCUT2D eigenvalue weighted by molar-refractivity contribution is 5.74. The van der Waals surface area contributed by atoms with Gasteiger partial charge in [0.15, 0.2) is 0 Å². The summed E-state index contributed by atoms with van der Waals surface area (Å²) in [5.41, 5.74) is 3.64. The van der Waals surface area contributed by atoms with Crippen LogP contribution in [0.5, 0.6) is 0 Å². The number of aldehydes is 1. The topological polar surface area (TPSA) is 29.1 Å². The van der Waals surface area contributed by atoms with Crippen LogP contribution in [-0.4, -0.2) is 13.3 Å². The Morgan fingerprint density at radius 2 is 1.92 bits per heavy atom. The van der Waals surface area contributed by atoms with E-state index in [1.165, 1.54) is 41.7 Å². The third-order valence-electron chi connectivity index (χ3n) is 4.08. The maximum atomic E-state index is 12.0. The van der Waals surface area contributed by atoms with Crippen molar-refractivity contribution >= 4 is 6.29 Å². The molecule has 1 aliphatic carbocycles. The lowest BCUT2D eigenvalue weighted by Crippen LogP contribution is -2.12. The van der Waals surface area contributed by atoms with Gasteiger partial charge in [0.1, 0.15) is 6.29 Å². The largest absolute Gasteiger partial charge is 0.416 e. The second-order valence-corrected chi connectivity index (χ2v) is 5.82. The van der Waals surface area contributed by atoms with Crippen LogP contribution in [-0.2, 0) is 12.6 Å². The van der Waals surface area contributed by atoms with E-state index in [0.717, 1.165) is 12.1 Å². The van der Waals surface area contributed by atoms with Crippen molar-refractivity contribution in [2.75, 3.05) is 7.05 Å². The highest BCUT2D eigenvalue weighted by atomic mass is 19.4. The number of fused-ring (bicyclic) bond motifs is 1. The molecule has 0 saturated carbocycles. The first-order valence-corrected chi connectivity index (χ1v) is 7.74. The second kappa shape index (κ2) is 7.62. The van der Waals surface area contributed by atoms with E-state index in [1.54, 1.807) is 0 Å². The van der Waals surface area contributed by atoms with Gasteiger partial charge in [-0.1, -0.05) is 35.9 Å². The van der Waals surface area contributed by atoms with Crippen LogP contribution in [0.25, 0.3) is 0 Å². The van der Waals surface area contributed by atoms with Gasteiger partial charge >= 0.3 is 6.18 Å². The van der Waals surface area contributed by atoms with Crippen molar-refractivity contribution in [1.82, 2.24) is 5.32 Å². The summed E-state index contributed by atoms with van der Waals surface area (Å²) in [5.74, 6) is 0. The van der Waals surface area contributed by atoms with Crippen LogP contribution in [0.2, 0.25) is 0 Å². The summed E-state index contributed by atoms with van der Waals surface area (Å²) in [7, 11) is 2.04. The first kappa shape index (κ1) is 18.2. The maximum absolute atomic E-state index is 12.0. The van der Waals surface area contributed by atoms with Gasteiger partial charge in [-0.25, -0.2) is 0 Å². The van der Waals surface area contributed by atoms with Crippen molar-refractivity contribution in [2.45, 2.75) is 32.0 Å². The third-order valence-corrected chi connectivity index (χ3v) is 4.08. The average molecular weight is 335 g/mol. The molecule has 1 atom stereocenters. The highest BCUT2D eigenvalue weighted by Gasteiger charge is 2.30. The third kappa shape index (κ3) is 4.45. The summed E-state index contributed by atoms with van der Waals surface area (Å²) in [5, 5.41) is 3.35. The van der Waals surface area contributed by atoms with Gasteiger partial charge in [-0.15, -0.1) is 0 Å². The number of carbonyl (C=O) groups is 1. The van der Waals surface area contributed by atoms with Gasteiger partial charge < -0.3 is 5.32 Å². The minimum Gasteiger partial charge on any atom is -0.313 e. The number of rotatable bonds is 2. The van der Waals surface area contributed by atoms with Gasteiger partial charge in [-0.3, -0.25) is 4.79 Å². The molecule has 0 aliphatic heterocycles. The zero-order valence-electron chi connectivity index (χ0n) is 13.7. The normalized spacial score (nSPS) is 16.1. The summed E-state index contributed by atoms with van der Waals surface area (Å²) in [6, 6.07) is 11.6. The minimum atomic E-state index is -4.38. The standard InChI is InChI=1S/C11H15N.C8H5F3O/c1-8-3-4-9-5-6-11(12-2)10(9)7-8;9-8(10,11)7-3-1-2-6(4-7)5-12/h3-4,7,11-12H,5-6H2,1-2H3;1-5H. The number of alkyl halides is 3. The van der Waals surface area contributed by atoms with Crippen LogP contribution < -0.4 is 5.32 Å². The van der Waals surface area contributed by atoms with Crippen LogP contribution in [0.3, 0.4) is 0 Å². The number of halogens is 3. The molecule has 3 rings (SSSR count). The summed E-state index contributed by atoms with van der Waals surface area (Å²) in [4.78, 5) is 10.1. The molecule has 0 saturated heterocycles. The van der Waals surface area contributed by atoms with Crippen LogP contribution in [0.15, 0.2) is 42.5 Å². The Bertz CT molecular complexity index is 710. The van der Waals surface area contributed by atoms with Gasteiger partial charge in [0, 0.05) is 11.6 Å². The lowest BCUT2D eigenvalue weighted by Gasteiger charge is -2.09. The molecule has 5 heteroatoms. The van der Waals surface area contributed by atoms with Gasteiger partial charge in [0.05, 0.1) is 5.56 Å². The molecular weight excluding hydrogens is 315 g/mol. The number of aryl methyl sites for hydroxylation is 2. The Kier molecular flexibility index (Phi) is 5.78. The Morgan fingerprint density at radius 1 is 1.17 bits per heavy atom. The molecular formula is C19H20F3NO. The quantitative estimate of drug-likeness (QED) is 0.805. The molecule has 0 fully saturated rings. The molecule has 128 valence electrons. The van der Waals surface area contributed by atoms with Gasteiger partial charge in [0.2, 0.25) is 0 Å². The first-order valence-electron chi connectivity index (χ1n) is 7.74. The van der Waals surface area contributed by atoms with E-state index in [9.17, 15) is 18.0 Å². The molecule has 1 aliphatic rings. The summed E-state index contributed by atoms with van der Waals surface area (Å²) in [6.07, 6.45) is -1.50. The molecule has 24 heavy (non-hydrogen) atoms. The monoisotopic (exact) mass is 335 g/mol. The fraction of sp³-hybridized carbons (Fsp3) is 0.316. The van der Waals surface area contributed by atoms with Crippen molar-refractivity contribution in [3.8, 4) is 0 Å². The SMILES string of the molecule is CNC1CCc2ccc(C)cc21.O=Cc1cccc(C(F)(F)F)c1. The smallest absolute Gasteiger partial charge is 0.313 e. The fourth-order valence-electron chi connectivity index (χ4n) is 2.81. The van der Waals surface area contributed by atoms with Crippen molar-refractivity contribution in [3.05, 3.63) is 70.3 Å². The summed E-state index contributed by atoms with van der Waals surface area (Å²) in [6.45, 7) is 2.16. The molecule has 0 aromatic heterocycles. The molecule has 1 N–H and O–H groups in total. The van der Waals surface area contributed by atoms with Crippen molar-refractivity contribution in [2.24, 2.45) is 0 Å². The zero-order valence-corrected chi connectivity index (χ0v) is 13.7. The van der Waals surface area contributed by atoms with Gasteiger partial charge in [0.25, 0.3) is 0 Å².